The Bertz CT molecular complexity index is 1300. The van der Waals surface area contributed by atoms with Gasteiger partial charge in [-0.05, 0) is 73.7 Å². The molecule has 37 heavy (non-hydrogen) atoms. The maximum absolute atomic E-state index is 13.8. The Morgan fingerprint density at radius 3 is 2.08 bits per heavy atom. The Morgan fingerprint density at radius 2 is 1.51 bits per heavy atom. The van der Waals surface area contributed by atoms with Crippen molar-refractivity contribution in [2.24, 2.45) is 5.92 Å². The van der Waals surface area contributed by atoms with Gasteiger partial charge < -0.3 is 14.8 Å². The molecule has 7 nitrogen and oxygen atoms in total. The number of sulfonamides is 1. The van der Waals surface area contributed by atoms with Crippen LogP contribution in [-0.2, 0) is 14.8 Å². The lowest BCUT2D eigenvalue weighted by atomic mass is 9.97. The highest BCUT2D eigenvalue weighted by Gasteiger charge is 2.30. The summed E-state index contributed by atoms with van der Waals surface area (Å²) in [7, 11) is -0.990. The molecule has 1 N–H and O–H groups in total. The molecule has 3 aromatic rings. The van der Waals surface area contributed by atoms with Gasteiger partial charge in [0, 0.05) is 0 Å². The molecule has 0 fully saturated rings. The van der Waals surface area contributed by atoms with Crippen molar-refractivity contribution >= 4 is 21.6 Å². The molecule has 1 atom stereocenters. The van der Waals surface area contributed by atoms with E-state index in [-0.39, 0.29) is 10.9 Å². The average molecular weight is 525 g/mol. The maximum Gasteiger partial charge on any atom is 0.264 e. The zero-order chi connectivity index (χ0) is 27.2. The van der Waals surface area contributed by atoms with Gasteiger partial charge in [-0.3, -0.25) is 9.10 Å². The summed E-state index contributed by atoms with van der Waals surface area (Å²) in [6.45, 7) is 7.50. The fourth-order valence-electron chi connectivity index (χ4n) is 4.09. The van der Waals surface area contributed by atoms with Crippen molar-refractivity contribution in [2.75, 3.05) is 25.1 Å². The van der Waals surface area contributed by atoms with E-state index in [0.29, 0.717) is 23.8 Å². The summed E-state index contributed by atoms with van der Waals surface area (Å²) in [4.78, 5) is 13.5. The molecule has 3 aromatic carbocycles. The predicted molar refractivity (Wildman–Crippen MR) is 147 cm³/mol. The Kier molecular flexibility index (Phi) is 9.21. The van der Waals surface area contributed by atoms with E-state index in [1.165, 1.54) is 7.11 Å². The predicted octanol–water partition coefficient (Wildman–Crippen LogP) is 5.42. The van der Waals surface area contributed by atoms with Crippen molar-refractivity contribution in [3.63, 3.8) is 0 Å². The number of benzene rings is 3. The van der Waals surface area contributed by atoms with Crippen LogP contribution in [0.15, 0.2) is 71.6 Å². The van der Waals surface area contributed by atoms with E-state index in [4.69, 9.17) is 9.47 Å². The molecule has 1 unspecified atom stereocenters. The summed E-state index contributed by atoms with van der Waals surface area (Å²) in [6.07, 6.45) is 0.691. The second-order valence-corrected chi connectivity index (χ2v) is 11.4. The van der Waals surface area contributed by atoms with Crippen molar-refractivity contribution in [1.82, 2.24) is 5.32 Å². The van der Waals surface area contributed by atoms with Gasteiger partial charge in [0.2, 0.25) is 5.91 Å². The first-order chi connectivity index (χ1) is 17.5. The Labute approximate surface area is 220 Å². The summed E-state index contributed by atoms with van der Waals surface area (Å²) in [5, 5.41) is 3.06. The van der Waals surface area contributed by atoms with Crippen molar-refractivity contribution in [1.29, 1.82) is 0 Å². The van der Waals surface area contributed by atoms with E-state index in [1.54, 1.807) is 43.5 Å². The van der Waals surface area contributed by atoms with Crippen LogP contribution in [0.2, 0.25) is 0 Å². The molecule has 0 saturated heterocycles. The minimum Gasteiger partial charge on any atom is -0.497 e. The molecule has 1 amide bonds. The largest absolute Gasteiger partial charge is 0.497 e. The fraction of sp³-hybridized carbons (Fsp3) is 0.345. The summed E-state index contributed by atoms with van der Waals surface area (Å²) in [6, 6.07) is 19.1. The number of hydrogen-bond donors (Lipinski definition) is 1. The number of rotatable bonds is 11. The molecule has 0 bridgehead atoms. The van der Waals surface area contributed by atoms with Gasteiger partial charge >= 0.3 is 0 Å². The molecule has 198 valence electrons. The van der Waals surface area contributed by atoms with Gasteiger partial charge in [-0.15, -0.1) is 0 Å². The van der Waals surface area contributed by atoms with Crippen molar-refractivity contribution in [3.05, 3.63) is 83.4 Å². The van der Waals surface area contributed by atoms with Gasteiger partial charge in [0.15, 0.2) is 0 Å². The number of nitrogens with zero attached hydrogens (tertiary/aromatic N) is 1. The fourth-order valence-corrected chi connectivity index (χ4v) is 5.51. The molecule has 0 aliphatic heterocycles. The number of amides is 1. The number of anilines is 1. The minimum absolute atomic E-state index is 0.100. The number of nitrogens with one attached hydrogen (secondary N) is 1. The molecular formula is C29H36N2O5S. The monoisotopic (exact) mass is 524 g/mol. The van der Waals surface area contributed by atoms with Crippen molar-refractivity contribution in [3.8, 4) is 11.5 Å². The Morgan fingerprint density at radius 1 is 0.892 bits per heavy atom. The Balaban J connectivity index is 1.99. The van der Waals surface area contributed by atoms with E-state index >= 15 is 0 Å². The summed E-state index contributed by atoms with van der Waals surface area (Å²) in [5.41, 5.74) is 3.01. The Hall–Kier alpha value is -3.52. The first kappa shape index (κ1) is 28.1. The van der Waals surface area contributed by atoms with E-state index in [0.717, 1.165) is 26.7 Å². The average Bonchev–Trinajstić information content (AvgIpc) is 2.87. The highest BCUT2D eigenvalue weighted by Crippen LogP contribution is 2.33. The second-order valence-electron chi connectivity index (χ2n) is 9.52. The van der Waals surface area contributed by atoms with Gasteiger partial charge in [-0.1, -0.05) is 49.7 Å². The van der Waals surface area contributed by atoms with Crippen LogP contribution in [0.1, 0.15) is 43.0 Å². The first-order valence-corrected chi connectivity index (χ1v) is 13.7. The van der Waals surface area contributed by atoms with Crippen molar-refractivity contribution in [2.45, 2.75) is 45.1 Å². The molecule has 8 heteroatoms. The third-order valence-corrected chi connectivity index (χ3v) is 7.83. The second kappa shape index (κ2) is 12.1. The normalized spacial score (nSPS) is 12.2. The van der Waals surface area contributed by atoms with Crippen molar-refractivity contribution < 1.29 is 22.7 Å². The lowest BCUT2D eigenvalue weighted by Crippen LogP contribution is -2.42. The zero-order valence-electron chi connectivity index (χ0n) is 22.3. The SMILES string of the molecule is COc1ccc(C(CC(C)C)NC(=O)CN(c2cc(C)ccc2OC)S(=O)(=O)c2ccc(C)cc2)cc1. The van der Waals surface area contributed by atoms with E-state index in [1.807, 2.05) is 44.2 Å². The highest BCUT2D eigenvalue weighted by molar-refractivity contribution is 7.92. The number of ether oxygens (including phenoxy) is 2. The van der Waals surface area contributed by atoms with Crippen LogP contribution >= 0.6 is 0 Å². The van der Waals surface area contributed by atoms with Crippen LogP contribution in [-0.4, -0.2) is 35.1 Å². The maximum atomic E-state index is 13.8. The van der Waals surface area contributed by atoms with E-state index < -0.39 is 22.5 Å². The molecule has 0 saturated carbocycles. The first-order valence-electron chi connectivity index (χ1n) is 12.2. The topological polar surface area (TPSA) is 84.9 Å². The number of carbonyl (C=O) groups excluding carboxylic acids is 1. The van der Waals surface area contributed by atoms with Crippen LogP contribution in [0.3, 0.4) is 0 Å². The van der Waals surface area contributed by atoms with Gasteiger partial charge in [0.25, 0.3) is 10.0 Å². The smallest absolute Gasteiger partial charge is 0.264 e. The van der Waals surface area contributed by atoms with E-state index in [9.17, 15) is 13.2 Å². The number of hydrogen-bond acceptors (Lipinski definition) is 5. The quantitative estimate of drug-likeness (QED) is 0.362. The minimum atomic E-state index is -4.07. The van der Waals surface area contributed by atoms with Crippen LogP contribution < -0.4 is 19.1 Å². The third-order valence-electron chi connectivity index (χ3n) is 6.06. The van der Waals surface area contributed by atoms with Crippen LogP contribution in [0.4, 0.5) is 5.69 Å². The summed E-state index contributed by atoms with van der Waals surface area (Å²) < 4.78 is 39.6. The lowest BCUT2D eigenvalue weighted by molar-refractivity contribution is -0.120. The lowest BCUT2D eigenvalue weighted by Gasteiger charge is -2.28. The molecule has 0 spiro atoms. The van der Waals surface area contributed by atoms with Gasteiger partial charge in [0.05, 0.1) is 30.8 Å². The molecule has 0 heterocycles. The van der Waals surface area contributed by atoms with Crippen LogP contribution in [0, 0.1) is 19.8 Å². The highest BCUT2D eigenvalue weighted by atomic mass is 32.2. The molecule has 3 rings (SSSR count). The molecular weight excluding hydrogens is 488 g/mol. The zero-order valence-corrected chi connectivity index (χ0v) is 23.1. The standard InChI is InChI=1S/C29H36N2O5S/c1-20(2)17-26(23-10-12-24(35-5)13-11-23)30-29(32)19-31(27-18-22(4)9-16-28(27)36-6)37(33,34)25-14-7-21(3)8-15-25/h7-16,18,20,26H,17,19H2,1-6H3,(H,30,32). The number of carbonyl (C=O) groups is 1. The molecule has 0 aliphatic rings. The third kappa shape index (κ3) is 7.04. The van der Waals surface area contributed by atoms with Gasteiger partial charge in [0.1, 0.15) is 18.0 Å². The van der Waals surface area contributed by atoms with Gasteiger partial charge in [-0.2, -0.15) is 0 Å². The summed E-state index contributed by atoms with van der Waals surface area (Å²) >= 11 is 0. The number of aryl methyl sites for hydroxylation is 2. The van der Waals surface area contributed by atoms with Crippen LogP contribution in [0.25, 0.3) is 0 Å². The molecule has 0 radical (unpaired) electrons. The van der Waals surface area contributed by atoms with Crippen LogP contribution in [0.5, 0.6) is 11.5 Å². The summed E-state index contributed by atoms with van der Waals surface area (Å²) in [5.74, 6) is 0.973. The van der Waals surface area contributed by atoms with E-state index in [2.05, 4.69) is 19.2 Å². The number of methoxy groups -OCH3 is 2. The van der Waals surface area contributed by atoms with Gasteiger partial charge in [-0.25, -0.2) is 8.42 Å². The molecule has 0 aliphatic carbocycles. The molecule has 0 aromatic heterocycles.